The van der Waals surface area contributed by atoms with E-state index in [1.165, 1.54) is 0 Å². The van der Waals surface area contributed by atoms with Crippen LogP contribution in [0.25, 0.3) is 0 Å². The van der Waals surface area contributed by atoms with Crippen LogP contribution in [0.1, 0.15) is 5.56 Å². The first-order chi connectivity index (χ1) is 9.63. The van der Waals surface area contributed by atoms with Crippen LogP contribution in [0.5, 0.6) is 17.2 Å². The zero-order valence-corrected chi connectivity index (χ0v) is 12.0. The highest BCUT2D eigenvalue weighted by Gasteiger charge is 2.15. The van der Waals surface area contributed by atoms with Crippen molar-refractivity contribution in [1.82, 2.24) is 10.6 Å². The SMILES string of the molecule is COc1ccc(CNCCNC(N)=O)c(OC)c1OC. The van der Waals surface area contributed by atoms with Crippen molar-refractivity contribution in [3.05, 3.63) is 17.7 Å². The van der Waals surface area contributed by atoms with Gasteiger partial charge >= 0.3 is 6.03 Å². The molecule has 0 heterocycles. The molecule has 7 heteroatoms. The summed E-state index contributed by atoms with van der Waals surface area (Å²) in [6.45, 7) is 1.63. The minimum absolute atomic E-state index is 0.463. The van der Waals surface area contributed by atoms with Crippen molar-refractivity contribution < 1.29 is 19.0 Å². The molecule has 2 amide bonds. The Morgan fingerprint density at radius 2 is 1.80 bits per heavy atom. The van der Waals surface area contributed by atoms with E-state index < -0.39 is 6.03 Å². The summed E-state index contributed by atoms with van der Waals surface area (Å²) in [5.41, 5.74) is 5.91. The zero-order valence-electron chi connectivity index (χ0n) is 12.0. The van der Waals surface area contributed by atoms with Crippen LogP contribution in [0.15, 0.2) is 12.1 Å². The molecule has 0 unspecified atom stereocenters. The number of hydrogen-bond donors (Lipinski definition) is 3. The molecular formula is C13H21N3O4. The molecule has 0 aliphatic rings. The van der Waals surface area contributed by atoms with E-state index in [-0.39, 0.29) is 0 Å². The monoisotopic (exact) mass is 283 g/mol. The maximum atomic E-state index is 10.5. The highest BCUT2D eigenvalue weighted by Crippen LogP contribution is 2.39. The third-order valence-electron chi connectivity index (χ3n) is 2.70. The molecule has 0 fully saturated rings. The van der Waals surface area contributed by atoms with Crippen molar-refractivity contribution in [2.45, 2.75) is 6.54 Å². The number of methoxy groups -OCH3 is 3. The fourth-order valence-corrected chi connectivity index (χ4v) is 1.80. The number of primary amides is 1. The van der Waals surface area contributed by atoms with Gasteiger partial charge in [0.25, 0.3) is 0 Å². The van der Waals surface area contributed by atoms with Crippen LogP contribution < -0.4 is 30.6 Å². The van der Waals surface area contributed by atoms with E-state index >= 15 is 0 Å². The highest BCUT2D eigenvalue weighted by atomic mass is 16.5. The molecule has 1 rings (SSSR count). The van der Waals surface area contributed by atoms with Crippen molar-refractivity contribution in [1.29, 1.82) is 0 Å². The van der Waals surface area contributed by atoms with E-state index in [0.29, 0.717) is 36.9 Å². The Kier molecular flexibility index (Phi) is 6.45. The van der Waals surface area contributed by atoms with Gasteiger partial charge in [0.2, 0.25) is 5.75 Å². The van der Waals surface area contributed by atoms with Gasteiger partial charge in [-0.05, 0) is 6.07 Å². The number of nitrogens with one attached hydrogen (secondary N) is 2. The average molecular weight is 283 g/mol. The van der Waals surface area contributed by atoms with Crippen LogP contribution in [-0.4, -0.2) is 40.5 Å². The maximum absolute atomic E-state index is 10.5. The van der Waals surface area contributed by atoms with E-state index in [2.05, 4.69) is 10.6 Å². The van der Waals surface area contributed by atoms with E-state index in [4.69, 9.17) is 19.9 Å². The number of carbonyl (C=O) groups is 1. The van der Waals surface area contributed by atoms with Gasteiger partial charge in [0.1, 0.15) is 0 Å². The Balaban J connectivity index is 2.67. The van der Waals surface area contributed by atoms with Crippen LogP contribution in [0.3, 0.4) is 0 Å². The number of carbonyl (C=O) groups excluding carboxylic acids is 1. The van der Waals surface area contributed by atoms with Gasteiger partial charge in [0, 0.05) is 25.2 Å². The number of ether oxygens (including phenoxy) is 3. The van der Waals surface area contributed by atoms with Gasteiger partial charge in [-0.1, -0.05) is 6.07 Å². The number of rotatable bonds is 8. The number of amides is 2. The lowest BCUT2D eigenvalue weighted by Gasteiger charge is -2.16. The molecule has 1 aromatic rings. The molecule has 0 saturated heterocycles. The van der Waals surface area contributed by atoms with Crippen molar-refractivity contribution in [3.8, 4) is 17.2 Å². The van der Waals surface area contributed by atoms with E-state index in [1.54, 1.807) is 21.3 Å². The van der Waals surface area contributed by atoms with Crippen LogP contribution in [0.4, 0.5) is 4.79 Å². The molecular weight excluding hydrogens is 262 g/mol. The zero-order chi connectivity index (χ0) is 15.0. The van der Waals surface area contributed by atoms with E-state index in [0.717, 1.165) is 5.56 Å². The molecule has 0 bridgehead atoms. The lowest BCUT2D eigenvalue weighted by Crippen LogP contribution is -2.35. The Bertz CT molecular complexity index is 451. The number of hydrogen-bond acceptors (Lipinski definition) is 5. The summed E-state index contributed by atoms with van der Waals surface area (Å²) in [4.78, 5) is 10.5. The first-order valence-electron chi connectivity index (χ1n) is 6.15. The molecule has 0 aliphatic carbocycles. The Morgan fingerprint density at radius 1 is 1.10 bits per heavy atom. The van der Waals surface area contributed by atoms with Crippen LogP contribution in [0, 0.1) is 0 Å². The smallest absolute Gasteiger partial charge is 0.312 e. The molecule has 0 aliphatic heterocycles. The van der Waals surface area contributed by atoms with Crippen LogP contribution in [0.2, 0.25) is 0 Å². The van der Waals surface area contributed by atoms with E-state index in [9.17, 15) is 4.79 Å². The third-order valence-corrected chi connectivity index (χ3v) is 2.70. The summed E-state index contributed by atoms with van der Waals surface area (Å²) < 4.78 is 15.9. The molecule has 0 radical (unpaired) electrons. The van der Waals surface area contributed by atoms with Crippen LogP contribution in [-0.2, 0) is 6.54 Å². The van der Waals surface area contributed by atoms with E-state index in [1.807, 2.05) is 12.1 Å². The molecule has 0 saturated carbocycles. The first-order valence-corrected chi connectivity index (χ1v) is 6.15. The Morgan fingerprint density at radius 3 is 2.35 bits per heavy atom. The third kappa shape index (κ3) is 4.20. The number of nitrogens with two attached hydrogens (primary N) is 1. The summed E-state index contributed by atoms with van der Waals surface area (Å²) in [5.74, 6) is 1.80. The molecule has 0 atom stereocenters. The normalized spacial score (nSPS) is 9.95. The highest BCUT2D eigenvalue weighted by molar-refractivity contribution is 5.71. The standard InChI is InChI=1S/C13H21N3O4/c1-18-10-5-4-9(11(19-2)12(10)20-3)8-15-6-7-16-13(14)17/h4-5,15H,6-8H2,1-3H3,(H3,14,16,17). The summed E-state index contributed by atoms with van der Waals surface area (Å²) in [6, 6.07) is 3.19. The summed E-state index contributed by atoms with van der Waals surface area (Å²) >= 11 is 0. The average Bonchev–Trinajstić information content (AvgIpc) is 2.45. The van der Waals surface area contributed by atoms with Gasteiger partial charge in [-0.3, -0.25) is 0 Å². The largest absolute Gasteiger partial charge is 0.493 e. The van der Waals surface area contributed by atoms with Crippen LogP contribution >= 0.6 is 0 Å². The lowest BCUT2D eigenvalue weighted by atomic mass is 10.1. The summed E-state index contributed by atoms with van der Waals surface area (Å²) in [7, 11) is 4.72. The summed E-state index contributed by atoms with van der Waals surface area (Å²) in [6.07, 6.45) is 0. The van der Waals surface area contributed by atoms with Crippen molar-refractivity contribution in [3.63, 3.8) is 0 Å². The molecule has 112 valence electrons. The van der Waals surface area contributed by atoms with Crippen molar-refractivity contribution in [2.75, 3.05) is 34.4 Å². The maximum Gasteiger partial charge on any atom is 0.312 e. The number of urea groups is 1. The van der Waals surface area contributed by atoms with Crippen molar-refractivity contribution >= 4 is 6.03 Å². The lowest BCUT2D eigenvalue weighted by molar-refractivity contribution is 0.249. The Labute approximate surface area is 118 Å². The predicted molar refractivity (Wildman–Crippen MR) is 75.4 cm³/mol. The molecule has 0 aromatic heterocycles. The van der Waals surface area contributed by atoms with Gasteiger partial charge in [-0.15, -0.1) is 0 Å². The first kappa shape index (κ1) is 15.9. The van der Waals surface area contributed by atoms with Gasteiger partial charge in [0.15, 0.2) is 11.5 Å². The fourth-order valence-electron chi connectivity index (χ4n) is 1.80. The Hall–Kier alpha value is -2.15. The minimum Gasteiger partial charge on any atom is -0.493 e. The van der Waals surface area contributed by atoms with Crippen molar-refractivity contribution in [2.24, 2.45) is 5.73 Å². The molecule has 20 heavy (non-hydrogen) atoms. The second-order valence-electron chi connectivity index (χ2n) is 3.96. The minimum atomic E-state index is -0.532. The quantitative estimate of drug-likeness (QED) is 0.603. The second kappa shape index (κ2) is 8.11. The molecule has 0 spiro atoms. The van der Waals surface area contributed by atoms with Gasteiger partial charge in [0.05, 0.1) is 21.3 Å². The molecule has 1 aromatic carbocycles. The molecule has 4 N–H and O–H groups in total. The fraction of sp³-hybridized carbons (Fsp3) is 0.462. The predicted octanol–water partition coefficient (Wildman–Crippen LogP) is 0.470. The number of benzene rings is 1. The van der Waals surface area contributed by atoms with Gasteiger partial charge in [-0.2, -0.15) is 0 Å². The molecule has 7 nitrogen and oxygen atoms in total. The van der Waals surface area contributed by atoms with Gasteiger partial charge < -0.3 is 30.6 Å². The topological polar surface area (TPSA) is 94.8 Å². The van der Waals surface area contributed by atoms with Gasteiger partial charge in [-0.25, -0.2) is 4.79 Å². The summed E-state index contributed by atoms with van der Waals surface area (Å²) in [5, 5.41) is 5.68. The second-order valence-corrected chi connectivity index (χ2v) is 3.96.